The molecule has 0 atom stereocenters. The predicted molar refractivity (Wildman–Crippen MR) is 74.4 cm³/mol. The number of hydrogen-bond donors (Lipinski definition) is 2. The summed E-state index contributed by atoms with van der Waals surface area (Å²) in [5, 5.41) is 4.64. The molecule has 3 N–H and O–H groups in total. The first-order valence-corrected chi connectivity index (χ1v) is 6.53. The van der Waals surface area contributed by atoms with Crippen molar-refractivity contribution in [2.75, 3.05) is 11.1 Å². The van der Waals surface area contributed by atoms with Gasteiger partial charge in [-0.2, -0.15) is 4.98 Å². The van der Waals surface area contributed by atoms with Crippen LogP contribution in [0.25, 0.3) is 10.9 Å². The van der Waals surface area contributed by atoms with Gasteiger partial charge in [-0.3, -0.25) is 0 Å². The number of fused-ring (bicyclic) bond motifs is 1. The Bertz CT molecular complexity index is 570. The van der Waals surface area contributed by atoms with Crippen molar-refractivity contribution in [2.24, 2.45) is 0 Å². The molecule has 1 aromatic heterocycles. The van der Waals surface area contributed by atoms with Crippen molar-refractivity contribution >= 4 is 22.7 Å². The van der Waals surface area contributed by atoms with Gasteiger partial charge in [0.15, 0.2) is 0 Å². The molecule has 1 fully saturated rings. The van der Waals surface area contributed by atoms with Crippen LogP contribution in [0.2, 0.25) is 0 Å². The van der Waals surface area contributed by atoms with Crippen LogP contribution in [0.3, 0.4) is 0 Å². The van der Waals surface area contributed by atoms with Crippen molar-refractivity contribution in [3.05, 3.63) is 24.3 Å². The maximum atomic E-state index is 5.78. The van der Waals surface area contributed by atoms with Crippen molar-refractivity contribution in [1.29, 1.82) is 0 Å². The minimum Gasteiger partial charge on any atom is -0.368 e. The Hall–Kier alpha value is -1.84. The Morgan fingerprint density at radius 3 is 2.72 bits per heavy atom. The number of nitrogens with one attached hydrogen (secondary N) is 1. The smallest absolute Gasteiger partial charge is 0.222 e. The van der Waals surface area contributed by atoms with Gasteiger partial charge in [0, 0.05) is 10.9 Å². The summed E-state index contributed by atoms with van der Waals surface area (Å²) in [5.74, 6) is 1.21. The third kappa shape index (κ3) is 1.78. The van der Waals surface area contributed by atoms with E-state index >= 15 is 0 Å². The Labute approximate surface area is 107 Å². The third-order valence-corrected chi connectivity index (χ3v) is 3.99. The average molecular weight is 242 g/mol. The molecule has 4 heteroatoms. The van der Waals surface area contributed by atoms with Crippen molar-refractivity contribution in [1.82, 2.24) is 9.97 Å². The van der Waals surface area contributed by atoms with E-state index in [1.165, 1.54) is 19.3 Å². The first-order valence-electron chi connectivity index (χ1n) is 6.53. The fourth-order valence-electron chi connectivity index (χ4n) is 2.61. The van der Waals surface area contributed by atoms with E-state index in [0.29, 0.717) is 5.95 Å². The number of rotatable bonds is 3. The summed E-state index contributed by atoms with van der Waals surface area (Å²) in [6.07, 6.45) is 4.83. The van der Waals surface area contributed by atoms with Gasteiger partial charge < -0.3 is 11.1 Å². The third-order valence-electron chi connectivity index (χ3n) is 3.99. The topological polar surface area (TPSA) is 63.8 Å². The lowest BCUT2D eigenvalue weighted by Gasteiger charge is -2.42. The number of nitrogens with zero attached hydrogens (tertiary/aromatic N) is 2. The summed E-state index contributed by atoms with van der Waals surface area (Å²) in [7, 11) is 0. The van der Waals surface area contributed by atoms with Gasteiger partial charge in [0.1, 0.15) is 5.82 Å². The molecule has 0 radical (unpaired) electrons. The van der Waals surface area contributed by atoms with Crippen molar-refractivity contribution < 1.29 is 0 Å². The molecule has 1 saturated carbocycles. The zero-order valence-electron chi connectivity index (χ0n) is 10.6. The fourth-order valence-corrected chi connectivity index (χ4v) is 2.61. The number of nitrogens with two attached hydrogens (primary N) is 1. The average Bonchev–Trinajstić information content (AvgIpc) is 2.33. The van der Waals surface area contributed by atoms with Gasteiger partial charge >= 0.3 is 0 Å². The van der Waals surface area contributed by atoms with Gasteiger partial charge in [0.2, 0.25) is 5.95 Å². The summed E-state index contributed by atoms with van der Waals surface area (Å²) in [6, 6.07) is 7.99. The molecule has 3 rings (SSSR count). The molecular weight excluding hydrogens is 224 g/mol. The van der Waals surface area contributed by atoms with E-state index in [1.807, 2.05) is 24.3 Å². The highest BCUT2D eigenvalue weighted by atomic mass is 15.1. The molecule has 0 spiro atoms. The maximum absolute atomic E-state index is 5.78. The first-order chi connectivity index (χ1) is 8.72. The number of anilines is 2. The molecular formula is C14H18N4. The Morgan fingerprint density at radius 2 is 2.06 bits per heavy atom. The van der Waals surface area contributed by atoms with Crippen molar-refractivity contribution in [2.45, 2.75) is 38.1 Å². The van der Waals surface area contributed by atoms with Crippen LogP contribution in [-0.4, -0.2) is 15.5 Å². The lowest BCUT2D eigenvalue weighted by atomic mass is 9.75. The van der Waals surface area contributed by atoms with Gasteiger partial charge in [-0.1, -0.05) is 19.1 Å². The second-order valence-electron chi connectivity index (χ2n) is 5.06. The Balaban J connectivity index is 2.05. The highest BCUT2D eigenvalue weighted by Gasteiger charge is 2.35. The molecule has 94 valence electrons. The molecule has 4 nitrogen and oxygen atoms in total. The van der Waals surface area contributed by atoms with Crippen molar-refractivity contribution in [3.8, 4) is 0 Å². The van der Waals surface area contributed by atoms with E-state index in [0.717, 1.165) is 23.1 Å². The molecule has 1 aliphatic carbocycles. The molecule has 2 aromatic rings. The van der Waals surface area contributed by atoms with Crippen LogP contribution in [0.4, 0.5) is 11.8 Å². The zero-order valence-corrected chi connectivity index (χ0v) is 10.6. The van der Waals surface area contributed by atoms with E-state index < -0.39 is 0 Å². The maximum Gasteiger partial charge on any atom is 0.222 e. The van der Waals surface area contributed by atoms with Gasteiger partial charge in [-0.25, -0.2) is 4.98 Å². The number of para-hydroxylation sites is 1. The van der Waals surface area contributed by atoms with E-state index in [1.54, 1.807) is 0 Å². The zero-order chi connectivity index (χ0) is 12.6. The Kier molecular flexibility index (Phi) is 2.58. The van der Waals surface area contributed by atoms with Gasteiger partial charge in [0.05, 0.1) is 5.52 Å². The van der Waals surface area contributed by atoms with Crippen LogP contribution in [0.5, 0.6) is 0 Å². The van der Waals surface area contributed by atoms with Crippen molar-refractivity contribution in [3.63, 3.8) is 0 Å². The van der Waals surface area contributed by atoms with Gasteiger partial charge in [-0.05, 0) is 37.8 Å². The number of aromatic nitrogens is 2. The largest absolute Gasteiger partial charge is 0.368 e. The number of benzene rings is 1. The van der Waals surface area contributed by atoms with E-state index in [-0.39, 0.29) is 5.54 Å². The van der Waals surface area contributed by atoms with Crippen LogP contribution in [0.15, 0.2) is 24.3 Å². The molecule has 0 saturated heterocycles. The normalized spacial score (nSPS) is 17.4. The highest BCUT2D eigenvalue weighted by molar-refractivity contribution is 5.90. The molecule has 0 bridgehead atoms. The Morgan fingerprint density at radius 1 is 1.28 bits per heavy atom. The molecule has 0 aliphatic heterocycles. The second-order valence-corrected chi connectivity index (χ2v) is 5.06. The molecule has 18 heavy (non-hydrogen) atoms. The quantitative estimate of drug-likeness (QED) is 0.868. The summed E-state index contributed by atoms with van der Waals surface area (Å²) < 4.78 is 0. The van der Waals surface area contributed by atoms with Crippen LogP contribution in [-0.2, 0) is 0 Å². The molecule has 0 unspecified atom stereocenters. The summed E-state index contributed by atoms with van der Waals surface area (Å²) >= 11 is 0. The summed E-state index contributed by atoms with van der Waals surface area (Å²) in [4.78, 5) is 8.63. The molecule has 1 aromatic carbocycles. The van der Waals surface area contributed by atoms with Crippen LogP contribution >= 0.6 is 0 Å². The van der Waals surface area contributed by atoms with Gasteiger partial charge in [-0.15, -0.1) is 0 Å². The minimum atomic E-state index is 0.212. The number of nitrogen functional groups attached to an aromatic ring is 1. The van der Waals surface area contributed by atoms with Crippen LogP contribution in [0, 0.1) is 0 Å². The molecule has 0 amide bonds. The first kappa shape index (κ1) is 11.3. The SMILES string of the molecule is CCC1(Nc2nc(N)nc3ccccc23)CCC1. The van der Waals surface area contributed by atoms with E-state index in [9.17, 15) is 0 Å². The predicted octanol–water partition coefficient (Wildman–Crippen LogP) is 2.96. The number of hydrogen-bond acceptors (Lipinski definition) is 4. The summed E-state index contributed by atoms with van der Waals surface area (Å²) in [5.41, 5.74) is 6.90. The van der Waals surface area contributed by atoms with Gasteiger partial charge in [0.25, 0.3) is 0 Å². The molecule has 1 heterocycles. The molecule has 1 aliphatic rings. The van der Waals surface area contributed by atoms with Crippen LogP contribution < -0.4 is 11.1 Å². The van der Waals surface area contributed by atoms with Crippen LogP contribution in [0.1, 0.15) is 32.6 Å². The van der Waals surface area contributed by atoms with E-state index in [4.69, 9.17) is 5.73 Å². The van der Waals surface area contributed by atoms with E-state index in [2.05, 4.69) is 22.2 Å². The lowest BCUT2D eigenvalue weighted by molar-refractivity contribution is 0.269. The second kappa shape index (κ2) is 4.12. The lowest BCUT2D eigenvalue weighted by Crippen LogP contribution is -2.44. The minimum absolute atomic E-state index is 0.212. The highest BCUT2D eigenvalue weighted by Crippen LogP contribution is 2.38. The fraction of sp³-hybridized carbons (Fsp3) is 0.429. The monoisotopic (exact) mass is 242 g/mol. The summed E-state index contributed by atoms with van der Waals surface area (Å²) in [6.45, 7) is 2.22. The standard InChI is InChI=1S/C14H18N4/c1-2-14(8-5-9-14)18-12-10-6-3-4-7-11(10)16-13(15)17-12/h3-4,6-7H,2,5,8-9H2,1H3,(H3,15,16,17,18).